The molecular formula is C18H42N2O. The number of nitrogens with two attached hydrogens (primary N) is 1. The molecule has 0 rings (SSSR count). The van der Waals surface area contributed by atoms with Gasteiger partial charge in [-0.05, 0) is 19.9 Å². The van der Waals surface area contributed by atoms with Crippen LogP contribution in [0.1, 0.15) is 104 Å². The van der Waals surface area contributed by atoms with E-state index in [1.54, 1.807) is 0 Å². The summed E-state index contributed by atoms with van der Waals surface area (Å²) < 4.78 is 0. The minimum Gasteiger partial charge on any atom is -0.344 e. The summed E-state index contributed by atoms with van der Waals surface area (Å²) in [6.07, 6.45) is 20.6. The van der Waals surface area contributed by atoms with Crippen molar-refractivity contribution in [2.24, 2.45) is 5.73 Å². The van der Waals surface area contributed by atoms with Crippen LogP contribution in [-0.4, -0.2) is 12.8 Å². The molecule has 0 atom stereocenters. The third kappa shape index (κ3) is 32.8. The largest absolute Gasteiger partial charge is 0.344 e. The van der Waals surface area contributed by atoms with E-state index in [0.717, 1.165) is 12.8 Å². The number of unbranched alkanes of at least 4 members (excludes halogenated alkanes) is 13. The fraction of sp³-hybridized carbons (Fsp3) is 0.944. The summed E-state index contributed by atoms with van der Waals surface area (Å²) in [4.78, 5) is 8.81. The summed E-state index contributed by atoms with van der Waals surface area (Å²) in [7, 11) is 0. The van der Waals surface area contributed by atoms with Crippen LogP contribution in [0.15, 0.2) is 0 Å². The average Bonchev–Trinajstić information content (AvgIpc) is 2.45. The van der Waals surface area contributed by atoms with Gasteiger partial charge in [-0.1, -0.05) is 90.4 Å². The molecule has 3 heteroatoms. The molecule has 0 saturated carbocycles. The lowest BCUT2D eigenvalue weighted by molar-refractivity contribution is -0.106. The summed E-state index contributed by atoms with van der Waals surface area (Å²) in [6.45, 7) is 4.60. The number of carbonyl (C=O) groups excluding carboxylic acids is 1. The highest BCUT2D eigenvalue weighted by Gasteiger charge is 1.93. The molecule has 0 aliphatic heterocycles. The standard InChI is InChI=1S/C16H35N.C2H4O.H3N/c1-2-3-4-5-6-7-8-9-10-11-12-13-14-15-16-17;1-2-3;/h2-17H2,1H3;2H,1H3;1H3. The van der Waals surface area contributed by atoms with Crippen molar-refractivity contribution < 1.29 is 4.79 Å². The van der Waals surface area contributed by atoms with Gasteiger partial charge in [-0.25, -0.2) is 0 Å². The minimum atomic E-state index is 0. The SMILES string of the molecule is CC=O.CCCCCCCCCCCCCCCCN.N. The predicted molar refractivity (Wildman–Crippen MR) is 96.1 cm³/mol. The van der Waals surface area contributed by atoms with Gasteiger partial charge in [0.05, 0.1) is 0 Å². The molecule has 0 spiro atoms. The molecule has 3 nitrogen and oxygen atoms in total. The van der Waals surface area contributed by atoms with E-state index in [-0.39, 0.29) is 6.15 Å². The number of carbonyl (C=O) groups is 1. The molecule has 0 radical (unpaired) electrons. The Kier molecular flexibility index (Phi) is 33.9. The second-order valence-electron chi connectivity index (χ2n) is 5.62. The van der Waals surface area contributed by atoms with Crippen LogP contribution in [0, 0.1) is 0 Å². The summed E-state index contributed by atoms with van der Waals surface area (Å²) in [5, 5.41) is 0. The third-order valence-corrected chi connectivity index (χ3v) is 3.56. The number of hydrogen-bond donors (Lipinski definition) is 2. The normalized spacial score (nSPS) is 9.48. The van der Waals surface area contributed by atoms with E-state index < -0.39 is 0 Å². The van der Waals surface area contributed by atoms with Gasteiger partial charge in [0, 0.05) is 0 Å². The predicted octanol–water partition coefficient (Wildman–Crippen LogP) is 5.79. The second-order valence-corrected chi connectivity index (χ2v) is 5.62. The molecule has 0 saturated heterocycles. The number of hydrogen-bond acceptors (Lipinski definition) is 3. The van der Waals surface area contributed by atoms with Gasteiger partial charge in [0.25, 0.3) is 0 Å². The maximum atomic E-state index is 8.81. The fourth-order valence-electron chi connectivity index (χ4n) is 2.34. The molecule has 130 valence electrons. The van der Waals surface area contributed by atoms with Gasteiger partial charge in [-0.3, -0.25) is 0 Å². The smallest absolute Gasteiger partial charge is 0.116 e. The molecule has 0 aromatic heterocycles. The molecule has 0 aliphatic carbocycles. The molecule has 0 aromatic rings. The van der Waals surface area contributed by atoms with E-state index in [2.05, 4.69) is 6.92 Å². The van der Waals surface area contributed by atoms with Crippen molar-refractivity contribution in [2.45, 2.75) is 104 Å². The van der Waals surface area contributed by atoms with Crippen LogP contribution >= 0.6 is 0 Å². The number of rotatable bonds is 14. The minimum absolute atomic E-state index is 0. The lowest BCUT2D eigenvalue weighted by atomic mass is 10.0. The van der Waals surface area contributed by atoms with Crippen LogP contribution < -0.4 is 11.9 Å². The zero-order valence-corrected chi connectivity index (χ0v) is 14.9. The van der Waals surface area contributed by atoms with Gasteiger partial charge in [0.15, 0.2) is 0 Å². The highest BCUT2D eigenvalue weighted by atomic mass is 16.1. The Bertz CT molecular complexity index is 149. The Labute approximate surface area is 134 Å². The van der Waals surface area contributed by atoms with Crippen molar-refractivity contribution in [3.63, 3.8) is 0 Å². The van der Waals surface area contributed by atoms with Gasteiger partial charge >= 0.3 is 0 Å². The molecule has 0 unspecified atom stereocenters. The molecule has 0 amide bonds. The monoisotopic (exact) mass is 302 g/mol. The van der Waals surface area contributed by atoms with E-state index in [4.69, 9.17) is 10.5 Å². The Morgan fingerprint density at radius 1 is 0.667 bits per heavy atom. The summed E-state index contributed by atoms with van der Waals surface area (Å²) in [5.74, 6) is 0. The molecule has 0 heterocycles. The lowest BCUT2D eigenvalue weighted by Crippen LogP contribution is -1.97. The van der Waals surface area contributed by atoms with E-state index in [1.165, 1.54) is 96.8 Å². The van der Waals surface area contributed by atoms with Gasteiger partial charge in [-0.15, -0.1) is 0 Å². The summed E-state index contributed by atoms with van der Waals surface area (Å²) in [6, 6.07) is 0. The zero-order valence-electron chi connectivity index (χ0n) is 14.9. The van der Waals surface area contributed by atoms with Crippen molar-refractivity contribution in [2.75, 3.05) is 6.54 Å². The first-order chi connectivity index (χ1) is 9.83. The van der Waals surface area contributed by atoms with E-state index in [0.29, 0.717) is 0 Å². The average molecular weight is 303 g/mol. The zero-order chi connectivity index (χ0) is 15.3. The first kappa shape index (κ1) is 25.5. The second kappa shape index (κ2) is 27.9. The molecule has 0 fully saturated rings. The summed E-state index contributed by atoms with van der Waals surface area (Å²) in [5.41, 5.74) is 5.47. The first-order valence-corrected chi connectivity index (χ1v) is 8.93. The van der Waals surface area contributed by atoms with Crippen LogP contribution in [0.3, 0.4) is 0 Å². The number of aldehydes is 1. The van der Waals surface area contributed by atoms with Crippen LogP contribution in [0.2, 0.25) is 0 Å². The van der Waals surface area contributed by atoms with Crippen LogP contribution in [-0.2, 0) is 4.79 Å². The summed E-state index contributed by atoms with van der Waals surface area (Å²) >= 11 is 0. The van der Waals surface area contributed by atoms with Gasteiger partial charge < -0.3 is 16.7 Å². The Hall–Kier alpha value is -0.410. The van der Waals surface area contributed by atoms with Crippen LogP contribution in [0.4, 0.5) is 0 Å². The maximum Gasteiger partial charge on any atom is 0.116 e. The van der Waals surface area contributed by atoms with Crippen molar-refractivity contribution >= 4 is 6.29 Å². The Morgan fingerprint density at radius 2 is 0.905 bits per heavy atom. The van der Waals surface area contributed by atoms with Gasteiger partial charge in [0.2, 0.25) is 0 Å². The molecule has 5 N–H and O–H groups in total. The molecule has 0 aliphatic rings. The molecule has 0 bridgehead atoms. The van der Waals surface area contributed by atoms with Crippen molar-refractivity contribution in [1.82, 2.24) is 6.15 Å². The topological polar surface area (TPSA) is 78.1 Å². The fourth-order valence-corrected chi connectivity index (χ4v) is 2.34. The van der Waals surface area contributed by atoms with E-state index in [1.807, 2.05) is 0 Å². The van der Waals surface area contributed by atoms with Crippen molar-refractivity contribution in [1.29, 1.82) is 0 Å². The third-order valence-electron chi connectivity index (χ3n) is 3.56. The van der Waals surface area contributed by atoms with Crippen LogP contribution in [0.5, 0.6) is 0 Å². The lowest BCUT2D eigenvalue weighted by Gasteiger charge is -2.02. The Balaban J connectivity index is -0.000000740. The van der Waals surface area contributed by atoms with Crippen molar-refractivity contribution in [3.05, 3.63) is 0 Å². The first-order valence-electron chi connectivity index (χ1n) is 8.93. The van der Waals surface area contributed by atoms with Gasteiger partial charge in [-0.2, -0.15) is 0 Å². The highest BCUT2D eigenvalue weighted by molar-refractivity contribution is 5.44. The maximum absolute atomic E-state index is 8.81. The molecular weight excluding hydrogens is 260 g/mol. The highest BCUT2D eigenvalue weighted by Crippen LogP contribution is 2.12. The quantitative estimate of drug-likeness (QED) is 0.314. The molecule has 0 aromatic carbocycles. The Morgan fingerprint density at radius 3 is 1.14 bits per heavy atom. The van der Waals surface area contributed by atoms with Gasteiger partial charge in [0.1, 0.15) is 6.29 Å². The van der Waals surface area contributed by atoms with Crippen LogP contribution in [0.25, 0.3) is 0 Å². The van der Waals surface area contributed by atoms with Crippen molar-refractivity contribution in [3.8, 4) is 0 Å². The van der Waals surface area contributed by atoms with E-state index >= 15 is 0 Å². The van der Waals surface area contributed by atoms with E-state index in [9.17, 15) is 0 Å². The molecule has 21 heavy (non-hydrogen) atoms.